The van der Waals surface area contributed by atoms with Crippen LogP contribution in [0, 0.1) is 0 Å². The summed E-state index contributed by atoms with van der Waals surface area (Å²) in [7, 11) is 3.20. The van der Waals surface area contributed by atoms with E-state index in [1.54, 1.807) is 19.1 Å². The average Bonchev–Trinajstić information content (AvgIpc) is 3.41. The molecule has 0 saturated carbocycles. The fraction of sp³-hybridized carbons (Fsp3) is 0.333. The third-order valence-corrected chi connectivity index (χ3v) is 7.05. The lowest BCUT2D eigenvalue weighted by Crippen LogP contribution is -2.45. The number of hydrogen-bond donors (Lipinski definition) is 1. The SMILES string of the molecule is CCOc1ccc(CN(CCc2c[nH]c3ccccc23)C(=O)CN(CCOC)C(=O)Cc2ccc(OC)cc2)cc1. The Morgan fingerprint density at radius 1 is 0.805 bits per heavy atom. The van der Waals surface area contributed by atoms with Gasteiger partial charge in [0.05, 0.1) is 33.3 Å². The highest BCUT2D eigenvalue weighted by molar-refractivity contribution is 5.86. The van der Waals surface area contributed by atoms with Crippen molar-refractivity contribution in [3.63, 3.8) is 0 Å². The molecule has 0 aliphatic rings. The van der Waals surface area contributed by atoms with E-state index in [9.17, 15) is 9.59 Å². The van der Waals surface area contributed by atoms with Crippen molar-refractivity contribution in [2.45, 2.75) is 26.3 Å². The molecule has 0 radical (unpaired) electrons. The molecule has 2 amide bonds. The Kier molecular flexibility index (Phi) is 10.8. The maximum Gasteiger partial charge on any atom is 0.242 e. The highest BCUT2D eigenvalue weighted by atomic mass is 16.5. The van der Waals surface area contributed by atoms with Crippen molar-refractivity contribution in [1.29, 1.82) is 0 Å². The second-order valence-electron chi connectivity index (χ2n) is 9.83. The van der Waals surface area contributed by atoms with Gasteiger partial charge in [-0.15, -0.1) is 0 Å². The third kappa shape index (κ3) is 8.35. The van der Waals surface area contributed by atoms with E-state index in [-0.39, 0.29) is 24.8 Å². The van der Waals surface area contributed by atoms with E-state index in [1.165, 1.54) is 0 Å². The molecule has 4 rings (SSSR count). The first-order valence-corrected chi connectivity index (χ1v) is 13.9. The Morgan fingerprint density at radius 2 is 1.51 bits per heavy atom. The third-order valence-electron chi connectivity index (χ3n) is 7.05. The normalized spacial score (nSPS) is 10.9. The molecule has 0 fully saturated rings. The molecule has 0 aliphatic heterocycles. The highest BCUT2D eigenvalue weighted by Crippen LogP contribution is 2.20. The number of amides is 2. The number of carbonyl (C=O) groups is 2. The van der Waals surface area contributed by atoms with E-state index in [0.29, 0.717) is 39.3 Å². The number of aromatic nitrogens is 1. The summed E-state index contributed by atoms with van der Waals surface area (Å²) < 4.78 is 16.1. The zero-order valence-corrected chi connectivity index (χ0v) is 24.1. The van der Waals surface area contributed by atoms with Gasteiger partial charge >= 0.3 is 0 Å². The number of carbonyl (C=O) groups excluding carboxylic acids is 2. The van der Waals surface area contributed by atoms with Crippen LogP contribution in [0.2, 0.25) is 0 Å². The number of fused-ring (bicyclic) bond motifs is 1. The lowest BCUT2D eigenvalue weighted by Gasteiger charge is -2.28. The van der Waals surface area contributed by atoms with Gasteiger partial charge in [0, 0.05) is 43.8 Å². The summed E-state index contributed by atoms with van der Waals surface area (Å²) in [5.74, 6) is 1.28. The van der Waals surface area contributed by atoms with Gasteiger partial charge in [0.15, 0.2) is 0 Å². The van der Waals surface area contributed by atoms with Gasteiger partial charge in [0.25, 0.3) is 0 Å². The van der Waals surface area contributed by atoms with Gasteiger partial charge in [-0.25, -0.2) is 0 Å². The molecule has 0 saturated heterocycles. The van der Waals surface area contributed by atoms with Crippen LogP contribution in [0.1, 0.15) is 23.6 Å². The lowest BCUT2D eigenvalue weighted by atomic mass is 10.1. The highest BCUT2D eigenvalue weighted by Gasteiger charge is 2.22. The summed E-state index contributed by atoms with van der Waals surface area (Å²) >= 11 is 0. The van der Waals surface area contributed by atoms with Gasteiger partial charge in [-0.05, 0) is 60.4 Å². The number of ether oxygens (including phenoxy) is 3. The number of methoxy groups -OCH3 is 2. The van der Waals surface area contributed by atoms with E-state index in [0.717, 1.165) is 39.1 Å². The molecule has 0 aliphatic carbocycles. The zero-order valence-electron chi connectivity index (χ0n) is 24.1. The fourth-order valence-corrected chi connectivity index (χ4v) is 4.75. The fourth-order valence-electron chi connectivity index (χ4n) is 4.75. The molecule has 0 unspecified atom stereocenters. The molecule has 1 N–H and O–H groups in total. The predicted molar refractivity (Wildman–Crippen MR) is 160 cm³/mol. The van der Waals surface area contributed by atoms with Crippen LogP contribution in [0.15, 0.2) is 79.0 Å². The second kappa shape index (κ2) is 14.9. The van der Waals surface area contributed by atoms with Crippen molar-refractivity contribution in [3.05, 3.63) is 95.7 Å². The van der Waals surface area contributed by atoms with Crippen LogP contribution >= 0.6 is 0 Å². The number of nitrogens with one attached hydrogen (secondary N) is 1. The molecule has 8 heteroatoms. The minimum Gasteiger partial charge on any atom is -0.497 e. The van der Waals surface area contributed by atoms with Crippen LogP contribution < -0.4 is 9.47 Å². The van der Waals surface area contributed by atoms with Gasteiger partial charge in [-0.1, -0.05) is 42.5 Å². The quantitative estimate of drug-likeness (QED) is 0.226. The van der Waals surface area contributed by atoms with E-state index >= 15 is 0 Å². The molecule has 0 atom stereocenters. The molecular formula is C33H39N3O5. The van der Waals surface area contributed by atoms with Gasteiger partial charge in [0.1, 0.15) is 11.5 Å². The van der Waals surface area contributed by atoms with E-state index < -0.39 is 0 Å². The van der Waals surface area contributed by atoms with Gasteiger partial charge < -0.3 is 29.0 Å². The molecule has 0 bridgehead atoms. The van der Waals surface area contributed by atoms with Gasteiger partial charge in [0.2, 0.25) is 11.8 Å². The molecule has 3 aromatic carbocycles. The molecule has 8 nitrogen and oxygen atoms in total. The van der Waals surface area contributed by atoms with Crippen LogP contribution in [-0.4, -0.2) is 73.7 Å². The first kappa shape index (κ1) is 29.7. The van der Waals surface area contributed by atoms with Crippen molar-refractivity contribution < 1.29 is 23.8 Å². The second-order valence-corrected chi connectivity index (χ2v) is 9.83. The van der Waals surface area contributed by atoms with E-state index in [4.69, 9.17) is 14.2 Å². The van der Waals surface area contributed by atoms with E-state index in [2.05, 4.69) is 11.1 Å². The molecular weight excluding hydrogens is 518 g/mol. The number of para-hydroxylation sites is 1. The van der Waals surface area contributed by atoms with Crippen LogP contribution in [0.25, 0.3) is 10.9 Å². The minimum atomic E-state index is -0.127. The Bertz CT molecular complexity index is 1400. The predicted octanol–water partition coefficient (Wildman–Crippen LogP) is 4.86. The summed E-state index contributed by atoms with van der Waals surface area (Å²) in [5.41, 5.74) is 4.07. The van der Waals surface area contributed by atoms with Crippen LogP contribution in [0.5, 0.6) is 11.5 Å². The summed E-state index contributed by atoms with van der Waals surface area (Å²) in [6, 6.07) is 23.4. The van der Waals surface area contributed by atoms with Crippen LogP contribution in [0.4, 0.5) is 0 Å². The largest absolute Gasteiger partial charge is 0.497 e. The topological polar surface area (TPSA) is 84.1 Å². The lowest BCUT2D eigenvalue weighted by molar-refractivity contribution is -0.141. The van der Waals surface area contributed by atoms with E-state index in [1.807, 2.05) is 84.8 Å². The molecule has 1 aromatic heterocycles. The number of aromatic amines is 1. The molecule has 216 valence electrons. The Balaban J connectivity index is 1.50. The summed E-state index contributed by atoms with van der Waals surface area (Å²) in [6.07, 6.45) is 2.88. The molecule has 0 spiro atoms. The maximum atomic E-state index is 13.8. The molecule has 4 aromatic rings. The van der Waals surface area contributed by atoms with Crippen molar-refractivity contribution in [1.82, 2.24) is 14.8 Å². The number of benzene rings is 3. The van der Waals surface area contributed by atoms with Crippen LogP contribution in [-0.2, 0) is 33.7 Å². The number of rotatable bonds is 15. The average molecular weight is 558 g/mol. The van der Waals surface area contributed by atoms with Gasteiger partial charge in [-0.3, -0.25) is 9.59 Å². The Morgan fingerprint density at radius 3 is 2.22 bits per heavy atom. The summed E-state index contributed by atoms with van der Waals surface area (Å²) in [6.45, 7) is 4.13. The van der Waals surface area contributed by atoms with Crippen molar-refractivity contribution in [2.75, 3.05) is 47.1 Å². The molecule has 41 heavy (non-hydrogen) atoms. The monoisotopic (exact) mass is 557 g/mol. The van der Waals surface area contributed by atoms with Crippen molar-refractivity contribution in [2.24, 2.45) is 0 Å². The smallest absolute Gasteiger partial charge is 0.242 e. The number of nitrogens with zero attached hydrogens (tertiary/aromatic N) is 2. The number of H-pyrrole nitrogens is 1. The summed E-state index contributed by atoms with van der Waals surface area (Å²) in [5, 5.41) is 1.15. The van der Waals surface area contributed by atoms with Crippen molar-refractivity contribution in [3.8, 4) is 11.5 Å². The first-order valence-electron chi connectivity index (χ1n) is 13.9. The molecule has 1 heterocycles. The zero-order chi connectivity index (χ0) is 29.0. The Labute approximate surface area is 241 Å². The Hall–Kier alpha value is -4.30. The minimum absolute atomic E-state index is 0.0245. The first-order chi connectivity index (χ1) is 20.0. The van der Waals surface area contributed by atoms with Crippen LogP contribution in [0.3, 0.4) is 0 Å². The van der Waals surface area contributed by atoms with Crippen molar-refractivity contribution >= 4 is 22.7 Å². The maximum absolute atomic E-state index is 13.8. The van der Waals surface area contributed by atoms with Gasteiger partial charge in [-0.2, -0.15) is 0 Å². The number of hydrogen-bond acceptors (Lipinski definition) is 5. The standard InChI is InChI=1S/C33H39N3O5/c1-4-41-29-15-11-26(12-16-29)23-35(18-17-27-22-34-31-8-6-5-7-30(27)31)33(38)24-36(19-20-39-2)32(37)21-25-9-13-28(40-3)14-10-25/h5-16,22,34H,4,17-21,23-24H2,1-3H3. The summed E-state index contributed by atoms with van der Waals surface area (Å²) in [4.78, 5) is 33.9.